The molecule has 0 saturated carbocycles. The van der Waals surface area contributed by atoms with Gasteiger partial charge >= 0.3 is 0 Å². The maximum absolute atomic E-state index is 5.10. The van der Waals surface area contributed by atoms with Crippen LogP contribution in [-0.2, 0) is 6.42 Å². The molecule has 1 aromatic rings. The second-order valence-electron chi connectivity index (χ2n) is 3.56. The highest BCUT2D eigenvalue weighted by Gasteiger charge is 1.97. The van der Waals surface area contributed by atoms with Crippen molar-refractivity contribution in [1.82, 2.24) is 10.7 Å². The number of ether oxygens (including phenoxy) is 1. The van der Waals surface area contributed by atoms with Gasteiger partial charge in [-0.3, -0.25) is 5.43 Å². The molecular formula is C12H17N3OS. The Balaban J connectivity index is 2.54. The van der Waals surface area contributed by atoms with Gasteiger partial charge in [0.2, 0.25) is 0 Å². The minimum absolute atomic E-state index is 0.513. The van der Waals surface area contributed by atoms with Gasteiger partial charge in [0.05, 0.1) is 7.11 Å². The topological polar surface area (TPSA) is 45.7 Å². The molecule has 5 heteroatoms. The largest absolute Gasteiger partial charge is 0.497 e. The smallest absolute Gasteiger partial charge is 0.186 e. The van der Waals surface area contributed by atoms with E-state index in [0.717, 1.165) is 17.9 Å². The first kappa shape index (κ1) is 13.4. The maximum Gasteiger partial charge on any atom is 0.186 e. The third kappa shape index (κ3) is 4.82. The molecule has 0 aliphatic heterocycles. The molecule has 0 fully saturated rings. The van der Waals surface area contributed by atoms with Gasteiger partial charge in [-0.15, -0.1) is 0 Å². The van der Waals surface area contributed by atoms with E-state index in [4.69, 9.17) is 17.0 Å². The molecule has 92 valence electrons. The van der Waals surface area contributed by atoms with Crippen molar-refractivity contribution in [3.05, 3.63) is 29.8 Å². The van der Waals surface area contributed by atoms with Crippen molar-refractivity contribution in [3.63, 3.8) is 0 Å². The number of nitrogens with zero attached hydrogens (tertiary/aromatic N) is 1. The summed E-state index contributed by atoms with van der Waals surface area (Å²) < 4.78 is 5.10. The van der Waals surface area contributed by atoms with Crippen LogP contribution in [0.15, 0.2) is 29.4 Å². The van der Waals surface area contributed by atoms with Gasteiger partial charge < -0.3 is 10.1 Å². The molecule has 0 amide bonds. The molecule has 0 unspecified atom stereocenters. The van der Waals surface area contributed by atoms with E-state index in [2.05, 4.69) is 15.8 Å². The van der Waals surface area contributed by atoms with Crippen molar-refractivity contribution in [3.8, 4) is 5.75 Å². The molecule has 1 rings (SSSR count). The molecule has 0 heterocycles. The Kier molecular flexibility index (Phi) is 5.42. The van der Waals surface area contributed by atoms with Gasteiger partial charge in [-0.1, -0.05) is 12.1 Å². The monoisotopic (exact) mass is 251 g/mol. The summed E-state index contributed by atoms with van der Waals surface area (Å²) in [6.07, 6.45) is 0.781. The number of methoxy groups -OCH3 is 1. The van der Waals surface area contributed by atoms with Gasteiger partial charge in [-0.05, 0) is 36.8 Å². The molecule has 2 N–H and O–H groups in total. The molecule has 0 spiro atoms. The van der Waals surface area contributed by atoms with Gasteiger partial charge in [0.1, 0.15) is 5.75 Å². The Hall–Kier alpha value is -1.62. The number of hydrogen-bond donors (Lipinski definition) is 2. The van der Waals surface area contributed by atoms with Gasteiger partial charge in [0.15, 0.2) is 5.11 Å². The highest BCUT2D eigenvalue weighted by Crippen LogP contribution is 2.11. The van der Waals surface area contributed by atoms with Crippen molar-refractivity contribution >= 4 is 23.0 Å². The summed E-state index contributed by atoms with van der Waals surface area (Å²) in [5, 5.41) is 7.47. The lowest BCUT2D eigenvalue weighted by atomic mass is 10.1. The Morgan fingerprint density at radius 1 is 1.35 bits per heavy atom. The first-order valence-corrected chi connectivity index (χ1v) is 5.70. The Labute approximate surface area is 107 Å². The van der Waals surface area contributed by atoms with Crippen LogP contribution in [0.2, 0.25) is 0 Å². The molecule has 0 bridgehead atoms. The average molecular weight is 251 g/mol. The average Bonchev–Trinajstić information content (AvgIpc) is 2.36. The van der Waals surface area contributed by atoms with Gasteiger partial charge in [0, 0.05) is 19.2 Å². The van der Waals surface area contributed by atoms with Crippen LogP contribution in [0.3, 0.4) is 0 Å². The lowest BCUT2D eigenvalue weighted by Crippen LogP contribution is -2.29. The third-order valence-corrected chi connectivity index (χ3v) is 2.49. The standard InChI is InChI=1S/C12H17N3OS/c1-9(14-15-12(17)13-2)8-10-4-6-11(16-3)7-5-10/h4-7H,8H2,1-3H3,(H2,13,15,17)/b14-9-. The van der Waals surface area contributed by atoms with E-state index in [-0.39, 0.29) is 0 Å². The molecule has 17 heavy (non-hydrogen) atoms. The lowest BCUT2D eigenvalue weighted by Gasteiger charge is -2.05. The van der Waals surface area contributed by atoms with Crippen molar-refractivity contribution in [2.24, 2.45) is 5.10 Å². The van der Waals surface area contributed by atoms with E-state index < -0.39 is 0 Å². The highest BCUT2D eigenvalue weighted by atomic mass is 32.1. The fourth-order valence-corrected chi connectivity index (χ4v) is 1.33. The van der Waals surface area contributed by atoms with Gasteiger partial charge in [0.25, 0.3) is 0 Å². The summed E-state index contributed by atoms with van der Waals surface area (Å²) in [6.45, 7) is 1.95. The van der Waals surface area contributed by atoms with Gasteiger partial charge in [-0.25, -0.2) is 0 Å². The SMILES string of the molecule is CNC(=S)N/N=C(/C)Cc1ccc(OC)cc1. The second kappa shape index (κ2) is 6.85. The number of nitrogens with one attached hydrogen (secondary N) is 2. The molecule has 0 aliphatic carbocycles. The zero-order valence-electron chi connectivity index (χ0n) is 10.3. The van der Waals surface area contributed by atoms with Crippen LogP contribution < -0.4 is 15.5 Å². The van der Waals surface area contributed by atoms with Crippen LogP contribution in [0.4, 0.5) is 0 Å². The van der Waals surface area contributed by atoms with Crippen LogP contribution in [0.25, 0.3) is 0 Å². The number of benzene rings is 1. The Bertz CT molecular complexity index is 401. The molecule has 0 aliphatic rings. The second-order valence-corrected chi connectivity index (χ2v) is 3.97. The normalized spacial score (nSPS) is 10.9. The molecule has 0 aromatic heterocycles. The van der Waals surface area contributed by atoms with Crippen molar-refractivity contribution in [2.45, 2.75) is 13.3 Å². The lowest BCUT2D eigenvalue weighted by molar-refractivity contribution is 0.414. The predicted molar refractivity (Wildman–Crippen MR) is 74.6 cm³/mol. The van der Waals surface area contributed by atoms with E-state index in [1.165, 1.54) is 5.56 Å². The first-order chi connectivity index (χ1) is 8.15. The van der Waals surface area contributed by atoms with E-state index in [9.17, 15) is 0 Å². The highest BCUT2D eigenvalue weighted by molar-refractivity contribution is 7.80. The summed E-state index contributed by atoms with van der Waals surface area (Å²) in [5.74, 6) is 0.859. The molecule has 0 radical (unpaired) electrons. The van der Waals surface area contributed by atoms with Crippen LogP contribution >= 0.6 is 12.2 Å². The van der Waals surface area contributed by atoms with E-state index >= 15 is 0 Å². The summed E-state index contributed by atoms with van der Waals surface area (Å²) in [6, 6.07) is 7.92. The number of thiocarbonyl (C=S) groups is 1. The van der Waals surface area contributed by atoms with Crippen LogP contribution in [-0.4, -0.2) is 25.0 Å². The summed E-state index contributed by atoms with van der Waals surface area (Å²) in [7, 11) is 3.41. The van der Waals surface area contributed by atoms with Crippen molar-refractivity contribution in [1.29, 1.82) is 0 Å². The minimum atomic E-state index is 0.513. The Morgan fingerprint density at radius 3 is 2.53 bits per heavy atom. The minimum Gasteiger partial charge on any atom is -0.497 e. The van der Waals surface area contributed by atoms with Crippen LogP contribution in [0.1, 0.15) is 12.5 Å². The van der Waals surface area contributed by atoms with Gasteiger partial charge in [-0.2, -0.15) is 5.10 Å². The predicted octanol–water partition coefficient (Wildman–Crippen LogP) is 1.71. The maximum atomic E-state index is 5.10. The number of rotatable bonds is 4. The molecule has 4 nitrogen and oxygen atoms in total. The Morgan fingerprint density at radius 2 is 2.00 bits per heavy atom. The number of hydrogen-bond acceptors (Lipinski definition) is 3. The van der Waals surface area contributed by atoms with Crippen LogP contribution in [0.5, 0.6) is 5.75 Å². The fraction of sp³-hybridized carbons (Fsp3) is 0.333. The third-order valence-electron chi connectivity index (χ3n) is 2.19. The molecule has 0 saturated heterocycles. The number of hydrazone groups is 1. The summed E-state index contributed by atoms with van der Waals surface area (Å²) in [5.41, 5.74) is 4.91. The fourth-order valence-electron chi connectivity index (χ4n) is 1.28. The summed E-state index contributed by atoms with van der Waals surface area (Å²) in [4.78, 5) is 0. The van der Waals surface area contributed by atoms with E-state index in [1.807, 2.05) is 31.2 Å². The zero-order chi connectivity index (χ0) is 12.7. The zero-order valence-corrected chi connectivity index (χ0v) is 11.1. The van der Waals surface area contributed by atoms with Crippen molar-refractivity contribution < 1.29 is 4.74 Å². The first-order valence-electron chi connectivity index (χ1n) is 5.29. The van der Waals surface area contributed by atoms with Crippen molar-refractivity contribution in [2.75, 3.05) is 14.2 Å². The quantitative estimate of drug-likeness (QED) is 0.486. The summed E-state index contributed by atoms with van der Waals surface area (Å²) >= 11 is 4.93. The molecular weight excluding hydrogens is 234 g/mol. The van der Waals surface area contributed by atoms with E-state index in [0.29, 0.717) is 5.11 Å². The van der Waals surface area contributed by atoms with E-state index in [1.54, 1.807) is 14.2 Å². The molecule has 1 aromatic carbocycles. The molecule has 0 atom stereocenters. The van der Waals surface area contributed by atoms with Crippen LogP contribution in [0, 0.1) is 0 Å².